The molecule has 140 valence electrons. The molecule has 0 spiro atoms. The Hall–Kier alpha value is -2.05. The fourth-order valence-corrected chi connectivity index (χ4v) is 5.58. The maximum absolute atomic E-state index is 13.3. The summed E-state index contributed by atoms with van der Waals surface area (Å²) in [5.74, 6) is -0.327. The summed E-state index contributed by atoms with van der Waals surface area (Å²) in [5, 5.41) is 2.71. The van der Waals surface area contributed by atoms with Crippen LogP contribution in [-0.4, -0.2) is 28.5 Å². The summed E-state index contributed by atoms with van der Waals surface area (Å²) >= 11 is 7.42. The second kappa shape index (κ2) is 6.84. The molecule has 2 aromatic carbocycles. The SMILES string of the molecule is Cc1ccc([C@@]23CCC(=O)N2[C@@H](C(=O)Nc2ccc(F)c(Cl)c2)CS3)cc1. The molecule has 0 saturated carbocycles. The molecule has 2 aliphatic rings. The van der Waals surface area contributed by atoms with Crippen molar-refractivity contribution in [2.75, 3.05) is 11.1 Å². The Kier molecular flexibility index (Phi) is 4.64. The maximum atomic E-state index is 13.3. The zero-order chi connectivity index (χ0) is 19.2. The Balaban J connectivity index is 1.61. The summed E-state index contributed by atoms with van der Waals surface area (Å²) in [7, 11) is 0. The number of aryl methyl sites for hydroxylation is 1. The third-order valence-electron chi connectivity index (χ3n) is 5.12. The van der Waals surface area contributed by atoms with E-state index in [2.05, 4.69) is 5.32 Å². The van der Waals surface area contributed by atoms with E-state index in [1.807, 2.05) is 31.2 Å². The van der Waals surface area contributed by atoms with Crippen molar-refractivity contribution in [3.63, 3.8) is 0 Å². The van der Waals surface area contributed by atoms with Crippen LogP contribution in [0.3, 0.4) is 0 Å². The molecule has 7 heteroatoms. The van der Waals surface area contributed by atoms with E-state index in [0.29, 0.717) is 24.3 Å². The predicted molar refractivity (Wildman–Crippen MR) is 105 cm³/mol. The van der Waals surface area contributed by atoms with Crippen LogP contribution >= 0.6 is 23.4 Å². The lowest BCUT2D eigenvalue weighted by molar-refractivity contribution is -0.136. The Morgan fingerprint density at radius 1 is 1.30 bits per heavy atom. The average molecular weight is 405 g/mol. The smallest absolute Gasteiger partial charge is 0.248 e. The molecule has 2 saturated heterocycles. The lowest BCUT2D eigenvalue weighted by atomic mass is 10.0. The molecule has 2 aliphatic heterocycles. The standard InChI is InChI=1S/C20H18ClFN2O2S/c1-12-2-4-13(5-3-12)20-9-8-18(25)24(20)17(11-27-20)19(26)23-14-6-7-16(22)15(21)10-14/h2-7,10,17H,8-9,11H2,1H3,(H,23,26)/t17-,20+/m1/s1. The van der Waals surface area contributed by atoms with Crippen molar-refractivity contribution in [1.29, 1.82) is 0 Å². The zero-order valence-corrected chi connectivity index (χ0v) is 16.2. The highest BCUT2D eigenvalue weighted by Crippen LogP contribution is 2.54. The number of carbonyl (C=O) groups excluding carboxylic acids is 2. The molecule has 2 fully saturated rings. The minimum atomic E-state index is -0.574. The Morgan fingerprint density at radius 3 is 2.74 bits per heavy atom. The number of carbonyl (C=O) groups is 2. The first-order chi connectivity index (χ1) is 12.9. The number of halogens is 2. The molecule has 2 aromatic rings. The number of nitrogens with zero attached hydrogens (tertiary/aromatic N) is 1. The van der Waals surface area contributed by atoms with E-state index in [-0.39, 0.29) is 16.8 Å². The molecule has 27 heavy (non-hydrogen) atoms. The van der Waals surface area contributed by atoms with E-state index < -0.39 is 16.7 Å². The van der Waals surface area contributed by atoms with Gasteiger partial charge in [-0.2, -0.15) is 0 Å². The number of rotatable bonds is 3. The van der Waals surface area contributed by atoms with Crippen LogP contribution in [0.25, 0.3) is 0 Å². The first kappa shape index (κ1) is 18.3. The van der Waals surface area contributed by atoms with Crippen molar-refractivity contribution in [2.45, 2.75) is 30.7 Å². The fraction of sp³-hybridized carbons (Fsp3) is 0.300. The van der Waals surface area contributed by atoms with E-state index in [9.17, 15) is 14.0 Å². The highest BCUT2D eigenvalue weighted by molar-refractivity contribution is 8.00. The number of hydrogen-bond acceptors (Lipinski definition) is 3. The lowest BCUT2D eigenvalue weighted by Gasteiger charge is -2.34. The molecule has 2 amide bonds. The van der Waals surface area contributed by atoms with E-state index in [1.165, 1.54) is 18.2 Å². The van der Waals surface area contributed by atoms with Crippen LogP contribution in [0, 0.1) is 12.7 Å². The average Bonchev–Trinajstić information content (AvgIpc) is 3.18. The van der Waals surface area contributed by atoms with Gasteiger partial charge in [-0.25, -0.2) is 4.39 Å². The van der Waals surface area contributed by atoms with Gasteiger partial charge in [0.15, 0.2) is 0 Å². The first-order valence-electron chi connectivity index (χ1n) is 8.70. The van der Waals surface area contributed by atoms with E-state index in [4.69, 9.17) is 11.6 Å². The molecule has 0 unspecified atom stereocenters. The van der Waals surface area contributed by atoms with Gasteiger partial charge in [-0.3, -0.25) is 9.59 Å². The highest BCUT2D eigenvalue weighted by Gasteiger charge is 2.56. The molecule has 2 heterocycles. The topological polar surface area (TPSA) is 49.4 Å². The van der Waals surface area contributed by atoms with E-state index in [0.717, 1.165) is 11.1 Å². The quantitative estimate of drug-likeness (QED) is 0.828. The van der Waals surface area contributed by atoms with Crippen LogP contribution in [0.2, 0.25) is 5.02 Å². The zero-order valence-electron chi connectivity index (χ0n) is 14.7. The second-order valence-electron chi connectivity index (χ2n) is 6.86. The molecule has 0 bridgehead atoms. The van der Waals surface area contributed by atoms with Gasteiger partial charge in [-0.05, 0) is 37.1 Å². The van der Waals surface area contributed by atoms with Gasteiger partial charge in [0.2, 0.25) is 11.8 Å². The number of thioether (sulfide) groups is 1. The molecule has 2 atom stereocenters. The van der Waals surface area contributed by atoms with Gasteiger partial charge in [0.25, 0.3) is 0 Å². The lowest BCUT2D eigenvalue weighted by Crippen LogP contribution is -2.48. The fourth-order valence-electron chi connectivity index (χ4n) is 3.75. The van der Waals surface area contributed by atoms with Crippen molar-refractivity contribution in [3.05, 3.63) is 64.4 Å². The molecular formula is C20H18ClFN2O2S. The summed E-state index contributed by atoms with van der Waals surface area (Å²) < 4.78 is 13.3. The van der Waals surface area contributed by atoms with Gasteiger partial charge >= 0.3 is 0 Å². The number of amides is 2. The molecule has 0 aromatic heterocycles. The summed E-state index contributed by atoms with van der Waals surface area (Å²) in [6, 6.07) is 11.6. The third-order valence-corrected chi connectivity index (χ3v) is 7.01. The number of benzene rings is 2. The van der Waals surface area contributed by atoms with Crippen molar-refractivity contribution >= 4 is 40.9 Å². The Morgan fingerprint density at radius 2 is 2.04 bits per heavy atom. The van der Waals surface area contributed by atoms with Crippen LogP contribution in [0.5, 0.6) is 0 Å². The molecule has 4 rings (SSSR count). The minimum absolute atomic E-state index is 0.0159. The van der Waals surface area contributed by atoms with Gasteiger partial charge < -0.3 is 10.2 Å². The second-order valence-corrected chi connectivity index (χ2v) is 8.56. The van der Waals surface area contributed by atoms with Crippen LogP contribution in [0.15, 0.2) is 42.5 Å². The Bertz CT molecular complexity index is 921. The van der Waals surface area contributed by atoms with Crippen molar-refractivity contribution in [3.8, 4) is 0 Å². The molecule has 1 N–H and O–H groups in total. The molecule has 4 nitrogen and oxygen atoms in total. The van der Waals surface area contributed by atoms with E-state index >= 15 is 0 Å². The van der Waals surface area contributed by atoms with Crippen molar-refractivity contribution in [1.82, 2.24) is 4.90 Å². The summed E-state index contributed by atoms with van der Waals surface area (Å²) in [5.41, 5.74) is 2.61. The minimum Gasteiger partial charge on any atom is -0.324 e. The maximum Gasteiger partial charge on any atom is 0.248 e. The summed E-state index contributed by atoms with van der Waals surface area (Å²) in [6.07, 6.45) is 1.11. The number of anilines is 1. The molecule has 0 radical (unpaired) electrons. The summed E-state index contributed by atoms with van der Waals surface area (Å²) in [4.78, 5) is 26.7. The largest absolute Gasteiger partial charge is 0.324 e. The van der Waals surface area contributed by atoms with Gasteiger partial charge in [0.05, 0.1) is 5.02 Å². The van der Waals surface area contributed by atoms with Crippen LogP contribution < -0.4 is 5.32 Å². The van der Waals surface area contributed by atoms with Gasteiger partial charge in [-0.15, -0.1) is 11.8 Å². The summed E-state index contributed by atoms with van der Waals surface area (Å²) in [6.45, 7) is 2.02. The number of fused-ring (bicyclic) bond motifs is 1. The van der Waals surface area contributed by atoms with Crippen molar-refractivity contribution in [2.24, 2.45) is 0 Å². The van der Waals surface area contributed by atoms with Crippen LogP contribution in [-0.2, 0) is 14.5 Å². The number of hydrogen-bond donors (Lipinski definition) is 1. The van der Waals surface area contributed by atoms with E-state index in [1.54, 1.807) is 16.7 Å². The Labute approximate surface area is 166 Å². The highest BCUT2D eigenvalue weighted by atomic mass is 35.5. The molecule has 0 aliphatic carbocycles. The normalized spacial score (nSPS) is 24.2. The van der Waals surface area contributed by atoms with Gasteiger partial charge in [0.1, 0.15) is 16.7 Å². The van der Waals surface area contributed by atoms with Gasteiger partial charge in [0, 0.05) is 17.9 Å². The van der Waals surface area contributed by atoms with Crippen molar-refractivity contribution < 1.29 is 14.0 Å². The number of nitrogens with one attached hydrogen (secondary N) is 1. The van der Waals surface area contributed by atoms with Crippen LogP contribution in [0.1, 0.15) is 24.0 Å². The molecular weight excluding hydrogens is 387 g/mol. The third kappa shape index (κ3) is 3.11. The van der Waals surface area contributed by atoms with Gasteiger partial charge in [-0.1, -0.05) is 41.4 Å². The van der Waals surface area contributed by atoms with Crippen LogP contribution in [0.4, 0.5) is 10.1 Å². The monoisotopic (exact) mass is 404 g/mol. The first-order valence-corrected chi connectivity index (χ1v) is 10.1. The predicted octanol–water partition coefficient (Wildman–Crippen LogP) is 4.32.